The molecule has 0 spiro atoms. The highest BCUT2D eigenvalue weighted by atomic mass is 32.1. The number of ether oxygens (including phenoxy) is 2. The Labute approximate surface area is 165 Å². The van der Waals surface area contributed by atoms with Gasteiger partial charge in [-0.2, -0.15) is 0 Å². The summed E-state index contributed by atoms with van der Waals surface area (Å²) < 4.78 is 14.6. The highest BCUT2D eigenvalue weighted by molar-refractivity contribution is 7.71. The topological polar surface area (TPSA) is 40.7 Å². The largest absolute Gasteiger partial charge is 0.370 e. The average molecular weight is 387 g/mol. The summed E-state index contributed by atoms with van der Waals surface area (Å²) in [5, 5.41) is 0. The van der Waals surface area contributed by atoms with Gasteiger partial charge in [0, 0.05) is 23.2 Å². The van der Waals surface area contributed by atoms with Crippen LogP contribution in [0.25, 0.3) is 11.4 Å². The molecule has 0 unspecified atom stereocenters. The molecule has 0 atom stereocenters. The maximum absolute atomic E-state index is 6.03. The third-order valence-electron chi connectivity index (χ3n) is 5.52. The quantitative estimate of drug-likeness (QED) is 0.817. The molecular weight excluding hydrogens is 358 g/mol. The molecule has 1 fully saturated rings. The fourth-order valence-electron chi connectivity index (χ4n) is 3.94. The highest BCUT2D eigenvalue weighted by Crippen LogP contribution is 2.31. The summed E-state index contributed by atoms with van der Waals surface area (Å²) in [6.07, 6.45) is 0.854. The lowest BCUT2D eigenvalue weighted by Crippen LogP contribution is -3.14. The monoisotopic (exact) mass is 386 g/mol. The summed E-state index contributed by atoms with van der Waals surface area (Å²) in [4.78, 5) is 6.42. The van der Waals surface area contributed by atoms with Crippen LogP contribution >= 0.6 is 12.2 Å². The van der Waals surface area contributed by atoms with Crippen molar-refractivity contribution in [3.05, 3.63) is 46.2 Å². The number of quaternary nitrogens is 1. The molecule has 0 radical (unpaired) electrons. The Kier molecular flexibility index (Phi) is 5.41. The van der Waals surface area contributed by atoms with Crippen molar-refractivity contribution >= 4 is 12.2 Å². The van der Waals surface area contributed by atoms with Crippen LogP contribution in [-0.2, 0) is 29.0 Å². The predicted octanol–water partition coefficient (Wildman–Crippen LogP) is 2.05. The Balaban J connectivity index is 1.76. The van der Waals surface area contributed by atoms with Gasteiger partial charge in [0.1, 0.15) is 23.6 Å². The van der Waals surface area contributed by atoms with Gasteiger partial charge in [-0.25, -0.2) is 4.98 Å². The van der Waals surface area contributed by atoms with Gasteiger partial charge in [-0.3, -0.25) is 0 Å². The Morgan fingerprint density at radius 1 is 1.19 bits per heavy atom. The molecule has 144 valence electrons. The molecule has 27 heavy (non-hydrogen) atoms. The average Bonchev–Trinajstić information content (AvgIpc) is 2.68. The maximum atomic E-state index is 6.03. The lowest BCUT2D eigenvalue weighted by Gasteiger charge is -2.34. The fourth-order valence-corrected chi connectivity index (χ4v) is 4.20. The number of rotatable bonds is 4. The molecule has 2 aromatic rings. The number of nitrogens with zero attached hydrogens (tertiary/aromatic N) is 2. The Morgan fingerprint density at radius 3 is 2.67 bits per heavy atom. The molecule has 1 N–H and O–H groups in total. The lowest BCUT2D eigenvalue weighted by atomic mass is 9.96. The number of benzene rings is 1. The van der Waals surface area contributed by atoms with E-state index in [0.717, 1.165) is 62.8 Å². The molecule has 5 nitrogen and oxygen atoms in total. The van der Waals surface area contributed by atoms with Crippen molar-refractivity contribution in [3.63, 3.8) is 0 Å². The minimum atomic E-state index is -0.183. The standard InChI is InChI=1S/C21H27N3O2S/c1-21(2)14-18-17(15-26-21)20(27)22-19(16-6-4-3-5-7-16)24(18)9-8-23-10-12-25-13-11-23/h3-7H,8-15H2,1-2H3/p+1. The van der Waals surface area contributed by atoms with Crippen LogP contribution in [0.2, 0.25) is 0 Å². The van der Waals surface area contributed by atoms with Gasteiger partial charge < -0.3 is 18.9 Å². The molecule has 4 rings (SSSR count). The number of nitrogens with one attached hydrogen (secondary N) is 1. The number of morpholine rings is 1. The molecule has 0 aliphatic carbocycles. The molecule has 1 saturated heterocycles. The van der Waals surface area contributed by atoms with E-state index in [2.05, 4.69) is 42.7 Å². The number of aromatic nitrogens is 2. The van der Waals surface area contributed by atoms with E-state index in [9.17, 15) is 0 Å². The summed E-state index contributed by atoms with van der Waals surface area (Å²) in [6, 6.07) is 10.4. The van der Waals surface area contributed by atoms with E-state index in [1.165, 1.54) is 5.69 Å². The van der Waals surface area contributed by atoms with Gasteiger partial charge in [-0.05, 0) is 13.8 Å². The third-order valence-corrected chi connectivity index (χ3v) is 5.85. The van der Waals surface area contributed by atoms with Crippen molar-refractivity contribution in [2.75, 3.05) is 32.8 Å². The zero-order valence-electron chi connectivity index (χ0n) is 16.2. The van der Waals surface area contributed by atoms with E-state index >= 15 is 0 Å². The molecule has 3 heterocycles. The first-order chi connectivity index (χ1) is 13.0. The fraction of sp³-hybridized carbons (Fsp3) is 0.524. The van der Waals surface area contributed by atoms with Crippen LogP contribution in [0.15, 0.2) is 30.3 Å². The van der Waals surface area contributed by atoms with Crippen LogP contribution in [0, 0.1) is 4.64 Å². The molecule has 2 aliphatic heterocycles. The molecule has 6 heteroatoms. The van der Waals surface area contributed by atoms with Crippen molar-refractivity contribution in [1.82, 2.24) is 9.55 Å². The third kappa shape index (κ3) is 4.14. The molecular formula is C21H28N3O2S+. The number of hydrogen-bond acceptors (Lipinski definition) is 4. The van der Waals surface area contributed by atoms with E-state index in [1.807, 2.05) is 6.07 Å². The van der Waals surface area contributed by atoms with E-state index in [-0.39, 0.29) is 5.60 Å². The van der Waals surface area contributed by atoms with Gasteiger partial charge in [-0.1, -0.05) is 42.5 Å². The summed E-state index contributed by atoms with van der Waals surface area (Å²) in [5.41, 5.74) is 3.31. The highest BCUT2D eigenvalue weighted by Gasteiger charge is 2.30. The van der Waals surface area contributed by atoms with Crippen molar-refractivity contribution in [2.24, 2.45) is 0 Å². The zero-order chi connectivity index (χ0) is 18.9. The smallest absolute Gasteiger partial charge is 0.141 e. The van der Waals surface area contributed by atoms with Gasteiger partial charge in [0.2, 0.25) is 0 Å². The normalized spacial score (nSPS) is 19.6. The van der Waals surface area contributed by atoms with E-state index in [1.54, 1.807) is 4.90 Å². The van der Waals surface area contributed by atoms with Crippen molar-refractivity contribution in [1.29, 1.82) is 0 Å². The molecule has 2 aliphatic rings. The number of fused-ring (bicyclic) bond motifs is 1. The van der Waals surface area contributed by atoms with Crippen molar-refractivity contribution < 1.29 is 14.4 Å². The maximum Gasteiger partial charge on any atom is 0.141 e. The second-order valence-electron chi connectivity index (χ2n) is 8.02. The van der Waals surface area contributed by atoms with Crippen molar-refractivity contribution in [2.45, 2.75) is 39.0 Å². The minimum Gasteiger partial charge on any atom is -0.370 e. The minimum absolute atomic E-state index is 0.183. The number of hydrogen-bond donors (Lipinski definition) is 1. The van der Waals surface area contributed by atoms with Gasteiger partial charge in [-0.15, -0.1) is 0 Å². The summed E-state index contributed by atoms with van der Waals surface area (Å²) in [7, 11) is 0. The second-order valence-corrected chi connectivity index (χ2v) is 8.41. The van der Waals surface area contributed by atoms with E-state index < -0.39 is 0 Å². The van der Waals surface area contributed by atoms with E-state index in [4.69, 9.17) is 26.7 Å². The molecule has 1 aromatic carbocycles. The molecule has 1 aromatic heterocycles. The first-order valence-corrected chi connectivity index (χ1v) is 10.2. The summed E-state index contributed by atoms with van der Waals surface area (Å²) in [6.45, 7) is 10.7. The Hall–Kier alpha value is -1.60. The van der Waals surface area contributed by atoms with Crippen LogP contribution < -0.4 is 4.90 Å². The predicted molar refractivity (Wildman–Crippen MR) is 107 cm³/mol. The van der Waals surface area contributed by atoms with Gasteiger partial charge in [0.15, 0.2) is 0 Å². The van der Waals surface area contributed by atoms with Gasteiger partial charge in [0.25, 0.3) is 0 Å². The van der Waals surface area contributed by atoms with Crippen molar-refractivity contribution in [3.8, 4) is 11.4 Å². The van der Waals surface area contributed by atoms with Gasteiger partial charge >= 0.3 is 0 Å². The van der Waals surface area contributed by atoms with Crippen LogP contribution in [0.3, 0.4) is 0 Å². The van der Waals surface area contributed by atoms with Crippen LogP contribution in [0.5, 0.6) is 0 Å². The van der Waals surface area contributed by atoms with Crippen LogP contribution in [-0.4, -0.2) is 48.0 Å². The first kappa shape index (κ1) is 18.7. The van der Waals surface area contributed by atoms with Crippen LogP contribution in [0.1, 0.15) is 25.1 Å². The van der Waals surface area contributed by atoms with Crippen LogP contribution in [0.4, 0.5) is 0 Å². The second kappa shape index (κ2) is 7.80. The van der Waals surface area contributed by atoms with Gasteiger partial charge in [0.05, 0.1) is 38.5 Å². The zero-order valence-corrected chi connectivity index (χ0v) is 17.0. The Bertz CT molecular complexity index is 858. The first-order valence-electron chi connectivity index (χ1n) is 9.77. The summed E-state index contributed by atoms with van der Waals surface area (Å²) in [5.74, 6) is 0.977. The Morgan fingerprint density at radius 2 is 1.93 bits per heavy atom. The molecule has 0 amide bonds. The molecule has 0 bridgehead atoms. The molecule has 0 saturated carbocycles. The lowest BCUT2D eigenvalue weighted by molar-refractivity contribution is -0.908. The van der Waals surface area contributed by atoms with E-state index in [0.29, 0.717) is 11.2 Å². The summed E-state index contributed by atoms with van der Waals surface area (Å²) >= 11 is 5.64. The SMILES string of the molecule is CC1(C)Cc2c(c(=S)nc(-c3ccccc3)n2CC[NH+]2CCOCC2)CO1.